The summed E-state index contributed by atoms with van der Waals surface area (Å²) in [6, 6.07) is 0.886. The SMILES string of the molecule is CCO[Si](CCC1=CC2(C(C)=S)CCC1C2)(OCC)OCC. The number of thiocarbonyl (C=S) groups is 1. The lowest BCUT2D eigenvalue weighted by Crippen LogP contribution is -2.46. The van der Waals surface area contributed by atoms with Crippen LogP contribution in [0.25, 0.3) is 0 Å². The molecule has 3 nitrogen and oxygen atoms in total. The molecule has 0 aromatic rings. The van der Waals surface area contributed by atoms with Crippen molar-refractivity contribution in [1.82, 2.24) is 0 Å². The standard InChI is InChI=1S/C17H30O3SSi/c1-5-18-22(19-6-2,20-7-3)11-9-16-13-17(14(4)21)10-8-15(16)12-17/h13,15H,5-12H2,1-4H3. The number of hydrogen-bond acceptors (Lipinski definition) is 4. The Kier molecular flexibility index (Phi) is 6.36. The minimum absolute atomic E-state index is 0.211. The van der Waals surface area contributed by atoms with Gasteiger partial charge in [-0.1, -0.05) is 23.9 Å². The van der Waals surface area contributed by atoms with Crippen LogP contribution in [0.3, 0.4) is 0 Å². The molecule has 2 atom stereocenters. The van der Waals surface area contributed by atoms with E-state index in [1.807, 2.05) is 20.8 Å². The fourth-order valence-electron chi connectivity index (χ4n) is 3.99. The lowest BCUT2D eigenvalue weighted by Gasteiger charge is -2.29. The first-order valence-electron chi connectivity index (χ1n) is 8.65. The Labute approximate surface area is 141 Å². The molecule has 2 unspecified atom stereocenters. The van der Waals surface area contributed by atoms with Crippen molar-refractivity contribution in [2.24, 2.45) is 11.3 Å². The topological polar surface area (TPSA) is 27.7 Å². The zero-order valence-corrected chi connectivity index (χ0v) is 16.3. The van der Waals surface area contributed by atoms with E-state index in [4.69, 9.17) is 25.5 Å². The van der Waals surface area contributed by atoms with Crippen LogP contribution in [0.5, 0.6) is 0 Å². The summed E-state index contributed by atoms with van der Waals surface area (Å²) >= 11 is 5.52. The Hall–Kier alpha value is -0.0731. The second kappa shape index (κ2) is 7.66. The van der Waals surface area contributed by atoms with Gasteiger partial charge in [0.05, 0.1) is 0 Å². The first-order valence-corrected chi connectivity index (χ1v) is 11.0. The number of hydrogen-bond donors (Lipinski definition) is 0. The van der Waals surface area contributed by atoms with Gasteiger partial charge in [0.2, 0.25) is 0 Å². The predicted molar refractivity (Wildman–Crippen MR) is 96.2 cm³/mol. The largest absolute Gasteiger partial charge is 0.501 e. The summed E-state index contributed by atoms with van der Waals surface area (Å²) in [5, 5.41) is 0. The molecule has 0 aliphatic heterocycles. The Morgan fingerprint density at radius 3 is 2.27 bits per heavy atom. The quantitative estimate of drug-likeness (QED) is 0.331. The Morgan fingerprint density at radius 2 is 1.82 bits per heavy atom. The molecular formula is C17H30O3SSi. The van der Waals surface area contributed by atoms with Crippen molar-refractivity contribution in [3.63, 3.8) is 0 Å². The Morgan fingerprint density at radius 1 is 1.23 bits per heavy atom. The van der Waals surface area contributed by atoms with E-state index in [9.17, 15) is 0 Å². The van der Waals surface area contributed by atoms with E-state index < -0.39 is 8.80 Å². The van der Waals surface area contributed by atoms with Gasteiger partial charge in [0.25, 0.3) is 0 Å². The van der Waals surface area contributed by atoms with Gasteiger partial charge in [0.1, 0.15) is 0 Å². The predicted octanol–water partition coefficient (Wildman–Crippen LogP) is 4.54. The molecule has 0 saturated heterocycles. The van der Waals surface area contributed by atoms with Gasteiger partial charge >= 0.3 is 8.80 Å². The molecule has 0 radical (unpaired) electrons. The highest BCUT2D eigenvalue weighted by Crippen LogP contribution is 2.54. The summed E-state index contributed by atoms with van der Waals surface area (Å²) in [4.78, 5) is 1.16. The molecule has 0 heterocycles. The van der Waals surface area contributed by atoms with Crippen molar-refractivity contribution >= 4 is 25.9 Å². The molecular weight excluding hydrogens is 312 g/mol. The third-order valence-electron chi connectivity index (χ3n) is 5.05. The molecule has 2 aliphatic rings. The van der Waals surface area contributed by atoms with Gasteiger partial charge in [-0.2, -0.15) is 0 Å². The summed E-state index contributed by atoms with van der Waals surface area (Å²) in [7, 11) is -2.52. The number of rotatable bonds is 10. The van der Waals surface area contributed by atoms with Crippen LogP contribution < -0.4 is 0 Å². The number of allylic oxidation sites excluding steroid dienone is 2. The third kappa shape index (κ3) is 3.70. The Balaban J connectivity index is 2.05. The summed E-state index contributed by atoms with van der Waals surface area (Å²) < 4.78 is 17.9. The second-order valence-electron chi connectivity index (χ2n) is 6.35. The van der Waals surface area contributed by atoms with Crippen LogP contribution in [-0.2, 0) is 13.3 Å². The van der Waals surface area contributed by atoms with Gasteiger partial charge in [0.15, 0.2) is 0 Å². The molecule has 5 heteroatoms. The van der Waals surface area contributed by atoms with Crippen LogP contribution in [0.2, 0.25) is 6.04 Å². The number of fused-ring (bicyclic) bond motifs is 2. The molecule has 0 amide bonds. The normalized spacial score (nSPS) is 27.3. The molecule has 0 aromatic carbocycles. The second-order valence-corrected chi connectivity index (χ2v) is 9.70. The zero-order valence-electron chi connectivity index (χ0n) is 14.4. The van der Waals surface area contributed by atoms with Gasteiger partial charge in [0, 0.05) is 31.3 Å². The monoisotopic (exact) mass is 342 g/mol. The van der Waals surface area contributed by atoms with E-state index in [0.717, 1.165) is 23.2 Å². The molecule has 2 rings (SSSR count). The molecule has 2 aliphatic carbocycles. The maximum Gasteiger partial charge on any atom is 0.501 e. The van der Waals surface area contributed by atoms with Crippen LogP contribution in [0.15, 0.2) is 11.6 Å². The Bertz CT molecular complexity index is 421. The third-order valence-corrected chi connectivity index (χ3v) is 8.50. The van der Waals surface area contributed by atoms with Crippen molar-refractivity contribution in [3.05, 3.63) is 11.6 Å². The van der Waals surface area contributed by atoms with Crippen molar-refractivity contribution < 1.29 is 13.3 Å². The van der Waals surface area contributed by atoms with Crippen molar-refractivity contribution in [1.29, 1.82) is 0 Å². The highest BCUT2D eigenvalue weighted by molar-refractivity contribution is 7.80. The fraction of sp³-hybridized carbons (Fsp3) is 0.824. The highest BCUT2D eigenvalue weighted by atomic mass is 32.1. The molecule has 0 spiro atoms. The van der Waals surface area contributed by atoms with Gasteiger partial charge < -0.3 is 13.3 Å². The lowest BCUT2D eigenvalue weighted by atomic mass is 9.84. The molecule has 0 aromatic heterocycles. The van der Waals surface area contributed by atoms with Crippen LogP contribution in [0.1, 0.15) is 53.4 Å². The summed E-state index contributed by atoms with van der Waals surface area (Å²) in [6.07, 6.45) is 7.24. The average molecular weight is 343 g/mol. The fourth-order valence-corrected chi connectivity index (χ4v) is 6.83. The molecule has 22 heavy (non-hydrogen) atoms. The van der Waals surface area contributed by atoms with Crippen LogP contribution in [0, 0.1) is 11.3 Å². The zero-order chi connectivity index (χ0) is 16.2. The first kappa shape index (κ1) is 18.3. The molecule has 2 bridgehead atoms. The van der Waals surface area contributed by atoms with E-state index in [1.54, 1.807) is 5.57 Å². The first-order chi connectivity index (χ1) is 10.5. The van der Waals surface area contributed by atoms with Crippen molar-refractivity contribution in [2.75, 3.05) is 19.8 Å². The lowest BCUT2D eigenvalue weighted by molar-refractivity contribution is 0.0713. The van der Waals surface area contributed by atoms with Crippen molar-refractivity contribution in [3.8, 4) is 0 Å². The highest BCUT2D eigenvalue weighted by Gasteiger charge is 2.47. The maximum atomic E-state index is 5.96. The molecule has 0 N–H and O–H groups in total. The van der Waals surface area contributed by atoms with Crippen LogP contribution >= 0.6 is 12.2 Å². The van der Waals surface area contributed by atoms with E-state index in [2.05, 4.69) is 13.0 Å². The minimum atomic E-state index is -2.52. The van der Waals surface area contributed by atoms with E-state index in [1.165, 1.54) is 19.3 Å². The molecule has 126 valence electrons. The molecule has 1 fully saturated rings. The van der Waals surface area contributed by atoms with Crippen LogP contribution in [0.4, 0.5) is 0 Å². The van der Waals surface area contributed by atoms with Crippen molar-refractivity contribution in [2.45, 2.75) is 59.4 Å². The molecule has 1 saturated carbocycles. The van der Waals surface area contributed by atoms with Gasteiger partial charge in [-0.25, -0.2) is 0 Å². The van der Waals surface area contributed by atoms with Gasteiger partial charge in [-0.15, -0.1) is 0 Å². The van der Waals surface area contributed by atoms with E-state index in [0.29, 0.717) is 19.8 Å². The smallest absolute Gasteiger partial charge is 0.374 e. The summed E-state index contributed by atoms with van der Waals surface area (Å²) in [5.74, 6) is 0.717. The van der Waals surface area contributed by atoms with Gasteiger partial charge in [-0.3, -0.25) is 0 Å². The van der Waals surface area contributed by atoms with E-state index >= 15 is 0 Å². The summed E-state index contributed by atoms with van der Waals surface area (Å²) in [5.41, 5.74) is 1.77. The van der Waals surface area contributed by atoms with Crippen LogP contribution in [-0.4, -0.2) is 33.5 Å². The van der Waals surface area contributed by atoms with E-state index in [-0.39, 0.29) is 5.41 Å². The maximum absolute atomic E-state index is 5.96. The average Bonchev–Trinajstić information content (AvgIpc) is 3.06. The minimum Gasteiger partial charge on any atom is -0.374 e. The summed E-state index contributed by atoms with van der Waals surface area (Å²) in [6.45, 7) is 10.1. The van der Waals surface area contributed by atoms with Gasteiger partial charge in [-0.05, 0) is 64.2 Å².